The first-order chi connectivity index (χ1) is 8.68. The summed E-state index contributed by atoms with van der Waals surface area (Å²) in [4.78, 5) is 14.0. The number of nitrogens with zero attached hydrogens (tertiary/aromatic N) is 1. The topological polar surface area (TPSA) is 49.8 Å². The fourth-order valence-electron chi connectivity index (χ4n) is 2.17. The molecule has 1 fully saturated rings. The van der Waals surface area contributed by atoms with E-state index in [9.17, 15) is 9.90 Å². The molecule has 0 aromatic heterocycles. The second kappa shape index (κ2) is 5.76. The van der Waals surface area contributed by atoms with Crippen molar-refractivity contribution in [3.8, 4) is 11.5 Å². The van der Waals surface area contributed by atoms with Gasteiger partial charge in [0.1, 0.15) is 0 Å². The minimum absolute atomic E-state index is 0.00190. The fourth-order valence-corrected chi connectivity index (χ4v) is 2.17. The Morgan fingerprint density at radius 3 is 2.61 bits per heavy atom. The molecule has 2 rings (SSSR count). The minimum Gasteiger partial charge on any atom is -0.504 e. The molecule has 4 heteroatoms. The largest absolute Gasteiger partial charge is 0.504 e. The average Bonchev–Trinajstić information content (AvgIpc) is 2.41. The number of hydrogen-bond donors (Lipinski definition) is 1. The van der Waals surface area contributed by atoms with Crippen LogP contribution in [0.15, 0.2) is 24.3 Å². The molecule has 0 saturated carbocycles. The lowest BCUT2D eigenvalue weighted by molar-refractivity contribution is -0.138. The van der Waals surface area contributed by atoms with Crippen LogP contribution in [-0.2, 0) is 4.79 Å². The number of phenols is 1. The molecular weight excluding hydrogens is 230 g/mol. The lowest BCUT2D eigenvalue weighted by Gasteiger charge is -2.29. The van der Waals surface area contributed by atoms with E-state index < -0.39 is 6.10 Å². The third kappa shape index (κ3) is 2.94. The van der Waals surface area contributed by atoms with Crippen molar-refractivity contribution < 1.29 is 14.6 Å². The molecule has 1 heterocycles. The second-order valence-electron chi connectivity index (χ2n) is 4.61. The zero-order valence-electron chi connectivity index (χ0n) is 10.6. The molecule has 1 unspecified atom stereocenters. The van der Waals surface area contributed by atoms with E-state index in [0.29, 0.717) is 5.75 Å². The highest BCUT2D eigenvalue weighted by atomic mass is 16.5. The van der Waals surface area contributed by atoms with Gasteiger partial charge in [0.05, 0.1) is 0 Å². The first-order valence-corrected chi connectivity index (χ1v) is 6.42. The van der Waals surface area contributed by atoms with Gasteiger partial charge in [-0.15, -0.1) is 0 Å². The maximum absolute atomic E-state index is 12.1. The van der Waals surface area contributed by atoms with Gasteiger partial charge in [0, 0.05) is 13.1 Å². The van der Waals surface area contributed by atoms with Gasteiger partial charge in [0.2, 0.25) is 0 Å². The normalized spacial score (nSPS) is 17.3. The smallest absolute Gasteiger partial charge is 0.263 e. The zero-order chi connectivity index (χ0) is 13.0. The van der Waals surface area contributed by atoms with Crippen molar-refractivity contribution in [3.05, 3.63) is 24.3 Å². The minimum atomic E-state index is -0.559. The number of carbonyl (C=O) groups excluding carboxylic acids is 1. The first-order valence-electron chi connectivity index (χ1n) is 6.42. The van der Waals surface area contributed by atoms with E-state index in [2.05, 4.69) is 0 Å². The van der Waals surface area contributed by atoms with Gasteiger partial charge < -0.3 is 14.7 Å². The van der Waals surface area contributed by atoms with E-state index in [1.54, 1.807) is 31.2 Å². The fraction of sp³-hybridized carbons (Fsp3) is 0.500. The van der Waals surface area contributed by atoms with E-state index in [-0.39, 0.29) is 11.7 Å². The van der Waals surface area contributed by atoms with Gasteiger partial charge in [-0.1, -0.05) is 12.1 Å². The molecular formula is C14H19NO3. The number of likely N-dealkylation sites (tertiary alicyclic amines) is 1. The van der Waals surface area contributed by atoms with Crippen LogP contribution >= 0.6 is 0 Å². The number of para-hydroxylation sites is 2. The van der Waals surface area contributed by atoms with E-state index in [0.717, 1.165) is 25.9 Å². The van der Waals surface area contributed by atoms with Gasteiger partial charge in [-0.3, -0.25) is 4.79 Å². The molecule has 1 aromatic rings. The summed E-state index contributed by atoms with van der Waals surface area (Å²) < 4.78 is 5.52. The highest BCUT2D eigenvalue weighted by Crippen LogP contribution is 2.26. The third-order valence-corrected chi connectivity index (χ3v) is 3.18. The van der Waals surface area contributed by atoms with Crippen LogP contribution in [0.3, 0.4) is 0 Å². The number of amides is 1. The summed E-state index contributed by atoms with van der Waals surface area (Å²) in [5, 5.41) is 9.60. The van der Waals surface area contributed by atoms with Gasteiger partial charge in [-0.25, -0.2) is 0 Å². The summed E-state index contributed by atoms with van der Waals surface area (Å²) in [5.41, 5.74) is 0. The Bertz CT molecular complexity index is 413. The summed E-state index contributed by atoms with van der Waals surface area (Å²) in [5.74, 6) is 0.420. The van der Waals surface area contributed by atoms with Gasteiger partial charge in [-0.2, -0.15) is 0 Å². The Morgan fingerprint density at radius 2 is 1.94 bits per heavy atom. The van der Waals surface area contributed by atoms with Crippen molar-refractivity contribution in [2.24, 2.45) is 0 Å². The van der Waals surface area contributed by atoms with Crippen molar-refractivity contribution in [2.75, 3.05) is 13.1 Å². The van der Waals surface area contributed by atoms with Gasteiger partial charge in [0.15, 0.2) is 17.6 Å². The number of piperidine rings is 1. The predicted octanol–water partition coefficient (Wildman–Crippen LogP) is 2.17. The van der Waals surface area contributed by atoms with Crippen LogP contribution in [0.5, 0.6) is 11.5 Å². The summed E-state index contributed by atoms with van der Waals surface area (Å²) in [6.07, 6.45) is 2.76. The number of aromatic hydroxyl groups is 1. The molecule has 0 spiro atoms. The van der Waals surface area contributed by atoms with E-state index in [1.807, 2.05) is 4.90 Å². The number of rotatable bonds is 3. The monoisotopic (exact) mass is 249 g/mol. The second-order valence-corrected chi connectivity index (χ2v) is 4.61. The van der Waals surface area contributed by atoms with Crippen LogP contribution < -0.4 is 4.74 Å². The predicted molar refractivity (Wildman–Crippen MR) is 68.6 cm³/mol. The van der Waals surface area contributed by atoms with Gasteiger partial charge >= 0.3 is 0 Å². The molecule has 0 bridgehead atoms. The Hall–Kier alpha value is -1.71. The zero-order valence-corrected chi connectivity index (χ0v) is 10.6. The van der Waals surface area contributed by atoms with Crippen molar-refractivity contribution in [2.45, 2.75) is 32.3 Å². The Kier molecular flexibility index (Phi) is 4.07. The van der Waals surface area contributed by atoms with Gasteiger partial charge in [-0.05, 0) is 38.3 Å². The number of carbonyl (C=O) groups is 1. The van der Waals surface area contributed by atoms with Crippen molar-refractivity contribution in [1.29, 1.82) is 0 Å². The molecule has 1 saturated heterocycles. The van der Waals surface area contributed by atoms with Gasteiger partial charge in [0.25, 0.3) is 5.91 Å². The molecule has 0 radical (unpaired) electrons. The maximum Gasteiger partial charge on any atom is 0.263 e. The number of hydrogen-bond acceptors (Lipinski definition) is 3. The molecule has 18 heavy (non-hydrogen) atoms. The number of benzene rings is 1. The van der Waals surface area contributed by atoms with Crippen molar-refractivity contribution in [1.82, 2.24) is 4.90 Å². The highest BCUT2D eigenvalue weighted by molar-refractivity contribution is 5.81. The molecule has 1 aromatic carbocycles. The van der Waals surface area contributed by atoms with Crippen LogP contribution in [-0.4, -0.2) is 35.1 Å². The van der Waals surface area contributed by atoms with E-state index in [1.165, 1.54) is 6.42 Å². The molecule has 1 N–H and O–H groups in total. The van der Waals surface area contributed by atoms with Crippen LogP contribution in [0.2, 0.25) is 0 Å². The summed E-state index contributed by atoms with van der Waals surface area (Å²) >= 11 is 0. The van der Waals surface area contributed by atoms with Crippen LogP contribution in [0.25, 0.3) is 0 Å². The number of phenolic OH excluding ortho intramolecular Hbond substituents is 1. The maximum atomic E-state index is 12.1. The van der Waals surface area contributed by atoms with Crippen LogP contribution in [0, 0.1) is 0 Å². The third-order valence-electron chi connectivity index (χ3n) is 3.18. The molecule has 1 aliphatic rings. The quantitative estimate of drug-likeness (QED) is 0.893. The lowest BCUT2D eigenvalue weighted by Crippen LogP contribution is -2.43. The first kappa shape index (κ1) is 12.7. The average molecular weight is 249 g/mol. The molecule has 0 aliphatic carbocycles. The van der Waals surface area contributed by atoms with Crippen molar-refractivity contribution in [3.63, 3.8) is 0 Å². The lowest BCUT2D eigenvalue weighted by atomic mass is 10.1. The molecule has 4 nitrogen and oxygen atoms in total. The SMILES string of the molecule is CC(Oc1ccccc1O)C(=O)N1CCCCC1. The summed E-state index contributed by atoms with van der Waals surface area (Å²) in [6, 6.07) is 6.70. The van der Waals surface area contributed by atoms with Crippen LogP contribution in [0.4, 0.5) is 0 Å². The Morgan fingerprint density at radius 1 is 1.28 bits per heavy atom. The van der Waals surface area contributed by atoms with E-state index >= 15 is 0 Å². The highest BCUT2D eigenvalue weighted by Gasteiger charge is 2.23. The van der Waals surface area contributed by atoms with Crippen molar-refractivity contribution >= 4 is 5.91 Å². The Balaban J connectivity index is 1.96. The molecule has 1 aliphatic heterocycles. The Labute approximate surface area is 107 Å². The molecule has 1 atom stereocenters. The summed E-state index contributed by atoms with van der Waals surface area (Å²) in [6.45, 7) is 3.35. The molecule has 1 amide bonds. The molecule has 98 valence electrons. The van der Waals surface area contributed by atoms with Crippen LogP contribution in [0.1, 0.15) is 26.2 Å². The summed E-state index contributed by atoms with van der Waals surface area (Å²) in [7, 11) is 0. The number of ether oxygens (including phenoxy) is 1. The van der Waals surface area contributed by atoms with E-state index in [4.69, 9.17) is 4.74 Å². The standard InChI is InChI=1S/C14H19NO3/c1-11(14(17)15-9-5-2-6-10-15)18-13-8-4-3-7-12(13)16/h3-4,7-8,11,16H,2,5-6,9-10H2,1H3.